The van der Waals surface area contributed by atoms with Crippen LogP contribution in [0.5, 0.6) is 0 Å². The van der Waals surface area contributed by atoms with E-state index in [4.69, 9.17) is 19.9 Å². The van der Waals surface area contributed by atoms with E-state index >= 15 is 0 Å². The predicted octanol–water partition coefficient (Wildman–Crippen LogP) is 15.2. The van der Waals surface area contributed by atoms with E-state index in [-0.39, 0.29) is 35.4 Å². The van der Waals surface area contributed by atoms with E-state index in [1.165, 1.54) is 51.4 Å². The lowest BCUT2D eigenvalue weighted by Gasteiger charge is -2.34. The molecule has 6 aromatic heterocycles. The zero-order chi connectivity index (χ0) is 85.7. The summed E-state index contributed by atoms with van der Waals surface area (Å²) in [5, 5.41) is 18.6. The van der Waals surface area contributed by atoms with Gasteiger partial charge in [-0.2, -0.15) is 19.9 Å². The second kappa shape index (κ2) is 34.0. The number of hydrogen-bond donors (Lipinski definition) is 7. The molecule has 5 aliphatic heterocycles. The average Bonchev–Trinajstić information content (AvgIpc) is 1.63. The van der Waals surface area contributed by atoms with Gasteiger partial charge in [0, 0.05) is 120 Å². The van der Waals surface area contributed by atoms with Crippen molar-refractivity contribution in [2.24, 2.45) is 21.7 Å². The Bertz CT molecular complexity index is 5450. The van der Waals surface area contributed by atoms with Crippen molar-refractivity contribution < 1.29 is 28.8 Å². The third-order valence-electron chi connectivity index (χ3n) is 25.3. The van der Waals surface area contributed by atoms with E-state index in [0.29, 0.717) is 86.1 Å². The molecular formula is C90H111N25O6S. The van der Waals surface area contributed by atoms with Crippen molar-refractivity contribution in [3.05, 3.63) is 127 Å². The predicted molar refractivity (Wildman–Crippen MR) is 483 cm³/mol. The van der Waals surface area contributed by atoms with Crippen LogP contribution in [0.2, 0.25) is 0 Å². The molecular weight excluding hydrogens is 1560 g/mol. The fraction of sp³-hybridized carbons (Fsp3) is 0.467. The summed E-state index contributed by atoms with van der Waals surface area (Å²) in [4.78, 5) is 141. The molecule has 0 bridgehead atoms. The summed E-state index contributed by atoms with van der Waals surface area (Å²) in [6.07, 6.45) is 27.8. The van der Waals surface area contributed by atoms with Crippen molar-refractivity contribution in [2.45, 2.75) is 189 Å². The Kier molecular flexibility index (Phi) is 23.3. The fourth-order valence-corrected chi connectivity index (χ4v) is 19.5. The maximum atomic E-state index is 13.1. The first-order chi connectivity index (χ1) is 58.5. The summed E-state index contributed by atoms with van der Waals surface area (Å²) in [5.74, 6) is 5.47. The Morgan fingerprint density at radius 2 is 0.787 bits per heavy atom. The minimum absolute atomic E-state index is 0.0101. The molecule has 0 atom stereocenters. The van der Waals surface area contributed by atoms with E-state index in [1.54, 1.807) is 88.3 Å². The first-order valence-electron chi connectivity index (χ1n) is 42.7. The molecule has 7 N–H and O–H groups in total. The molecule has 4 aromatic carbocycles. The third kappa shape index (κ3) is 17.3. The fourth-order valence-electron chi connectivity index (χ4n) is 18.7. The maximum Gasteiger partial charge on any atom is 0.251 e. The monoisotopic (exact) mass is 1670 g/mol. The van der Waals surface area contributed by atoms with E-state index in [9.17, 15) is 28.8 Å². The van der Waals surface area contributed by atoms with Crippen molar-refractivity contribution in [1.29, 1.82) is 0 Å². The highest BCUT2D eigenvalue weighted by atomic mass is 32.1. The number of nitrogens with zero attached hydrogens (tertiary/aromatic N) is 18. The number of carbonyl (C=O) groups is 6. The lowest BCUT2D eigenvalue weighted by Crippen LogP contribution is -2.45. The Balaban J connectivity index is 0.000000121. The number of fused-ring (bicyclic) bond motifs is 7. The van der Waals surface area contributed by atoms with E-state index < -0.39 is 21.7 Å². The van der Waals surface area contributed by atoms with Crippen molar-refractivity contribution in [3.8, 4) is 0 Å². The maximum absolute atomic E-state index is 13.1. The molecule has 4 aliphatic carbocycles. The standard InChI is InChI=1S/C23H28N6O2.C23H30N6O2.C22H27N7O.C22H26N6OS/c1-23(2)13-29(16-6-4-5-7-16)20-18(28(3)21(23)31)12-24-22(27-20)25-15-8-9-17-14(10-15)11-19(30)26-17;1-23(2)14-29(17-10-5-6-11-17)19-18(28(4)21(23)31)13-25-22(27-19)26-16-9-7-8-15(12-16)20(30)24-3;1-22(2)12-29(15-6-4-5-7-15)19-18(28(3)20(22)30)11-23-21(27-19)26-14-8-9-16-17(10-14)25-13-24-16;1-22(2)12-28(15-6-4-5-7-15)19-17(27(3)20(22)29)11-23-21(26-19)25-14-8-9-16-18(10-14)30-13-24-16/h8-10,12,16H,4-7,11,13H2,1-3H3,(H,26,30)(H,24,25,27);7-9,12-13,17H,5-6,10-11,14H2,1-4H3,(H,24,30)(H,25,26,27);8-11,13,15H,4-7,12H2,1-3H3,(H,24,25)(H,23,26,27);8-11,13,15H,4-7,12H2,1-3H3,(H,23,25,26). The SMILES string of the molecule is CN1C(=O)C(C)(C)CN(C2CCCC2)c2nc(Nc3ccc4c(c3)CC(=O)N4)ncc21.CN1C(=O)C(C)(C)CN(C2CCCC2)c2nc(Nc3ccc4nc[nH]c4c3)ncc21.CN1C(=O)C(C)(C)CN(C2CCCC2)c2nc(Nc3ccc4ncsc4c3)ncc21.CNC(=O)c1cccc(Nc2ncc3c(n2)N(C2CCCC2)CC(C)(C)C(=O)N3C)c1. The highest BCUT2D eigenvalue weighted by Gasteiger charge is 2.47. The molecule has 32 heteroatoms. The Labute approximate surface area is 715 Å². The van der Waals surface area contributed by atoms with Gasteiger partial charge in [-0.15, -0.1) is 11.3 Å². The van der Waals surface area contributed by atoms with Crippen LogP contribution in [0.4, 0.5) is 98.3 Å². The number of H-pyrrole nitrogens is 1. The van der Waals surface area contributed by atoms with Crippen LogP contribution in [0.25, 0.3) is 21.3 Å². The molecule has 4 saturated carbocycles. The lowest BCUT2D eigenvalue weighted by atomic mass is 9.91. The number of amides is 6. The van der Waals surface area contributed by atoms with Gasteiger partial charge in [0.2, 0.25) is 53.3 Å². The molecule has 6 amide bonds. The molecule has 638 valence electrons. The summed E-state index contributed by atoms with van der Waals surface area (Å²) in [6.45, 7) is 18.7. The van der Waals surface area contributed by atoms with Gasteiger partial charge in [-0.3, -0.25) is 28.8 Å². The number of hydrogen-bond acceptors (Lipinski definition) is 25. The van der Waals surface area contributed by atoms with Gasteiger partial charge in [0.25, 0.3) is 5.91 Å². The highest BCUT2D eigenvalue weighted by Crippen LogP contribution is 2.47. The minimum atomic E-state index is -0.520. The number of anilines is 17. The molecule has 0 unspecified atom stereocenters. The topological polar surface area (TPSA) is 345 Å². The van der Waals surface area contributed by atoms with E-state index in [0.717, 1.165) is 153 Å². The van der Waals surface area contributed by atoms with Crippen molar-refractivity contribution in [2.75, 3.05) is 127 Å². The quantitative estimate of drug-likeness (QED) is 0.0564. The molecule has 19 rings (SSSR count). The lowest BCUT2D eigenvalue weighted by molar-refractivity contribution is -0.126. The van der Waals surface area contributed by atoms with E-state index in [2.05, 4.69) is 92.5 Å². The van der Waals surface area contributed by atoms with Gasteiger partial charge >= 0.3 is 0 Å². The van der Waals surface area contributed by atoms with Crippen LogP contribution in [0.3, 0.4) is 0 Å². The molecule has 0 saturated heterocycles. The first-order valence-corrected chi connectivity index (χ1v) is 43.6. The zero-order valence-electron chi connectivity index (χ0n) is 72.0. The molecule has 9 aliphatic rings. The Morgan fingerprint density at radius 1 is 0.426 bits per heavy atom. The van der Waals surface area contributed by atoms with Gasteiger partial charge in [0.05, 0.1) is 86.0 Å². The average molecular weight is 1670 g/mol. The number of aromatic nitrogens is 11. The van der Waals surface area contributed by atoms with Gasteiger partial charge in [-0.25, -0.2) is 29.9 Å². The number of aromatic amines is 1. The Morgan fingerprint density at radius 3 is 1.18 bits per heavy atom. The van der Waals surface area contributed by atoms with Crippen LogP contribution in [-0.2, 0) is 30.4 Å². The van der Waals surface area contributed by atoms with E-state index in [1.807, 2.05) is 143 Å². The molecule has 10 aromatic rings. The van der Waals surface area contributed by atoms with Gasteiger partial charge in [0.15, 0.2) is 23.3 Å². The van der Waals surface area contributed by atoms with Crippen molar-refractivity contribution >= 4 is 166 Å². The summed E-state index contributed by atoms with van der Waals surface area (Å²) in [6, 6.07) is 26.5. The summed E-state index contributed by atoms with van der Waals surface area (Å²) < 4.78 is 1.12. The Hall–Kier alpha value is -12.2. The first kappa shape index (κ1) is 83.4. The number of thiazole rings is 1. The summed E-state index contributed by atoms with van der Waals surface area (Å²) >= 11 is 1.61. The number of imidazole rings is 1. The third-order valence-corrected chi connectivity index (χ3v) is 26.0. The zero-order valence-corrected chi connectivity index (χ0v) is 72.9. The molecule has 11 heterocycles. The van der Waals surface area contributed by atoms with Crippen LogP contribution in [-0.4, -0.2) is 176 Å². The molecule has 122 heavy (non-hydrogen) atoms. The van der Waals surface area contributed by atoms with Crippen LogP contribution in [0.15, 0.2) is 115 Å². The number of nitrogens with one attached hydrogen (secondary N) is 7. The summed E-state index contributed by atoms with van der Waals surface area (Å²) in [5.41, 5.74) is 11.5. The van der Waals surface area contributed by atoms with Gasteiger partial charge in [-0.05, 0) is 185 Å². The largest absolute Gasteiger partial charge is 0.355 e. The molecule has 0 spiro atoms. The number of rotatable bonds is 13. The molecule has 31 nitrogen and oxygen atoms in total. The highest BCUT2D eigenvalue weighted by molar-refractivity contribution is 7.16. The van der Waals surface area contributed by atoms with Crippen molar-refractivity contribution in [3.63, 3.8) is 0 Å². The van der Waals surface area contributed by atoms with Gasteiger partial charge < -0.3 is 76.1 Å². The summed E-state index contributed by atoms with van der Waals surface area (Å²) in [7, 11) is 8.86. The second-order valence-electron chi connectivity index (χ2n) is 36.3. The molecule has 0 radical (unpaired) electrons. The smallest absolute Gasteiger partial charge is 0.251 e. The van der Waals surface area contributed by atoms with Gasteiger partial charge in [-0.1, -0.05) is 57.4 Å². The van der Waals surface area contributed by atoms with Gasteiger partial charge in [0.1, 0.15) is 22.7 Å². The second-order valence-corrected chi connectivity index (χ2v) is 37.2. The van der Waals surface area contributed by atoms with Crippen LogP contribution in [0.1, 0.15) is 174 Å². The van der Waals surface area contributed by atoms with Crippen LogP contribution >= 0.6 is 11.3 Å². The number of carbonyl (C=O) groups excluding carboxylic acids is 6. The number of benzene rings is 4. The minimum Gasteiger partial charge on any atom is -0.355 e. The van der Waals surface area contributed by atoms with Crippen LogP contribution in [0, 0.1) is 21.7 Å². The van der Waals surface area contributed by atoms with Crippen molar-refractivity contribution in [1.82, 2.24) is 60.1 Å². The normalized spacial score (nSPS) is 19.3. The molecule has 4 fully saturated rings. The van der Waals surface area contributed by atoms with Crippen LogP contribution < -0.4 is 71.1 Å².